The molecule has 166 valence electrons. The van der Waals surface area contributed by atoms with Crippen LogP contribution < -0.4 is 16.4 Å². The van der Waals surface area contributed by atoms with Crippen molar-refractivity contribution in [2.24, 2.45) is 22.4 Å². The van der Waals surface area contributed by atoms with Gasteiger partial charge in [0, 0.05) is 62.6 Å². The largest absolute Gasteiger partial charge is 0.446 e. The molecular formula is C22H25FN8O. The Morgan fingerprint density at radius 2 is 2.22 bits per heavy atom. The number of hydrogen-bond donors (Lipinski definition) is 3. The van der Waals surface area contributed by atoms with Crippen molar-refractivity contribution in [3.8, 4) is 0 Å². The zero-order chi connectivity index (χ0) is 22.8. The highest BCUT2D eigenvalue weighted by molar-refractivity contribution is 6.01. The number of rotatable bonds is 5. The minimum absolute atomic E-state index is 0.187. The van der Waals surface area contributed by atoms with E-state index in [4.69, 9.17) is 21.3 Å². The van der Waals surface area contributed by atoms with Crippen LogP contribution in [0.2, 0.25) is 0 Å². The summed E-state index contributed by atoms with van der Waals surface area (Å²) in [6.45, 7) is 3.12. The number of nitrogens with zero attached hydrogens (tertiary/aromatic N) is 5. The van der Waals surface area contributed by atoms with E-state index < -0.39 is 11.7 Å². The number of aryl methyl sites for hydroxylation is 1. The molecule has 0 saturated heterocycles. The number of halogens is 1. The number of aliphatic imine (C=N–C) groups is 1. The van der Waals surface area contributed by atoms with E-state index in [0.29, 0.717) is 35.1 Å². The summed E-state index contributed by atoms with van der Waals surface area (Å²) < 4.78 is 20.2. The first-order valence-electron chi connectivity index (χ1n) is 10.2. The average molecular weight is 436 g/mol. The van der Waals surface area contributed by atoms with Crippen LogP contribution in [0.5, 0.6) is 0 Å². The second-order valence-corrected chi connectivity index (χ2v) is 7.69. The third-order valence-corrected chi connectivity index (χ3v) is 5.62. The number of allylic oxidation sites excluding steroid dienone is 5. The molecule has 4 rings (SSSR count). The van der Waals surface area contributed by atoms with E-state index in [-0.39, 0.29) is 17.8 Å². The van der Waals surface area contributed by atoms with Crippen molar-refractivity contribution in [3.05, 3.63) is 70.4 Å². The van der Waals surface area contributed by atoms with Gasteiger partial charge in [0.1, 0.15) is 29.4 Å². The lowest BCUT2D eigenvalue weighted by molar-refractivity contribution is 0.463. The van der Waals surface area contributed by atoms with E-state index in [1.54, 1.807) is 13.1 Å². The molecule has 1 aliphatic heterocycles. The number of aromatic nitrogens is 3. The van der Waals surface area contributed by atoms with Gasteiger partial charge >= 0.3 is 0 Å². The van der Waals surface area contributed by atoms with Crippen molar-refractivity contribution in [3.63, 3.8) is 0 Å². The molecule has 32 heavy (non-hydrogen) atoms. The Hall–Kier alpha value is -3.82. The molecule has 1 aliphatic carbocycles. The van der Waals surface area contributed by atoms with E-state index >= 15 is 0 Å². The van der Waals surface area contributed by atoms with Crippen molar-refractivity contribution >= 4 is 17.7 Å². The number of nitrogens with two attached hydrogens (primary N) is 2. The zero-order valence-corrected chi connectivity index (χ0v) is 18.0. The minimum atomic E-state index is -0.543. The molecule has 5 N–H and O–H groups in total. The quantitative estimate of drug-likeness (QED) is 0.610. The van der Waals surface area contributed by atoms with Gasteiger partial charge in [0.2, 0.25) is 0 Å². The van der Waals surface area contributed by atoms with Crippen LogP contribution in [0.1, 0.15) is 29.5 Å². The van der Waals surface area contributed by atoms with Crippen molar-refractivity contribution in [1.82, 2.24) is 15.0 Å². The monoisotopic (exact) mass is 436 g/mol. The van der Waals surface area contributed by atoms with Gasteiger partial charge in [-0.2, -0.15) is 0 Å². The van der Waals surface area contributed by atoms with Gasteiger partial charge in [-0.15, -0.1) is 0 Å². The van der Waals surface area contributed by atoms with Crippen LogP contribution in [0.25, 0.3) is 0 Å². The van der Waals surface area contributed by atoms with Crippen molar-refractivity contribution in [2.75, 3.05) is 18.5 Å². The molecule has 0 aromatic carbocycles. The molecule has 2 aromatic heterocycles. The van der Waals surface area contributed by atoms with Gasteiger partial charge in [-0.3, -0.25) is 4.99 Å². The standard InChI is InChI=1S/C22H25FN8O/c1-12-30-19-10-31(4-3-20(19)32-12)21-7-18(28-11-29-21)22(26)15-5-14(13(8-24)9-27-2)16(23)6-17(15)25/h6-9,11,15,26H,3-5,10,24-25H2,1-2H3. The molecule has 0 bridgehead atoms. The van der Waals surface area contributed by atoms with Gasteiger partial charge in [-0.05, 0) is 18.1 Å². The maximum absolute atomic E-state index is 14.6. The maximum atomic E-state index is 14.6. The second-order valence-electron chi connectivity index (χ2n) is 7.69. The number of hydrogen-bond acceptors (Lipinski definition) is 9. The first-order chi connectivity index (χ1) is 15.4. The zero-order valence-electron chi connectivity index (χ0n) is 18.0. The highest BCUT2D eigenvalue weighted by Crippen LogP contribution is 2.33. The van der Waals surface area contributed by atoms with E-state index in [9.17, 15) is 4.39 Å². The molecular weight excluding hydrogens is 411 g/mol. The molecule has 0 fully saturated rings. The van der Waals surface area contributed by atoms with Crippen LogP contribution in [0, 0.1) is 18.3 Å². The van der Waals surface area contributed by atoms with Crippen molar-refractivity contribution < 1.29 is 8.81 Å². The Morgan fingerprint density at radius 1 is 1.41 bits per heavy atom. The third-order valence-electron chi connectivity index (χ3n) is 5.62. The van der Waals surface area contributed by atoms with Crippen LogP contribution in [0.4, 0.5) is 10.2 Å². The highest BCUT2D eigenvalue weighted by Gasteiger charge is 2.29. The predicted molar refractivity (Wildman–Crippen MR) is 120 cm³/mol. The summed E-state index contributed by atoms with van der Waals surface area (Å²) in [5.41, 5.74) is 14.4. The Balaban J connectivity index is 1.57. The predicted octanol–water partition coefficient (Wildman–Crippen LogP) is 2.33. The first-order valence-corrected chi connectivity index (χ1v) is 10.2. The van der Waals surface area contributed by atoms with Gasteiger partial charge in [-0.25, -0.2) is 19.3 Å². The Labute approximate surface area is 185 Å². The molecule has 1 unspecified atom stereocenters. The van der Waals surface area contributed by atoms with E-state index in [0.717, 1.165) is 24.4 Å². The Bertz CT molecular complexity index is 1180. The molecule has 2 aliphatic rings. The minimum Gasteiger partial charge on any atom is -0.446 e. The number of anilines is 1. The maximum Gasteiger partial charge on any atom is 0.191 e. The number of fused-ring (bicyclic) bond motifs is 1. The molecule has 0 radical (unpaired) electrons. The van der Waals surface area contributed by atoms with Gasteiger partial charge in [0.25, 0.3) is 0 Å². The van der Waals surface area contributed by atoms with Gasteiger partial charge in [0.05, 0.1) is 18.0 Å². The van der Waals surface area contributed by atoms with Gasteiger partial charge in [-0.1, -0.05) is 0 Å². The van der Waals surface area contributed by atoms with Crippen LogP contribution in [-0.2, 0) is 13.0 Å². The van der Waals surface area contributed by atoms with E-state index in [1.165, 1.54) is 24.8 Å². The lowest BCUT2D eigenvalue weighted by Crippen LogP contribution is -2.31. The van der Waals surface area contributed by atoms with Crippen LogP contribution in [0.15, 0.2) is 56.7 Å². The van der Waals surface area contributed by atoms with Crippen LogP contribution in [-0.4, -0.2) is 40.5 Å². The van der Waals surface area contributed by atoms with E-state index in [2.05, 4.69) is 24.8 Å². The smallest absolute Gasteiger partial charge is 0.191 e. The summed E-state index contributed by atoms with van der Waals surface area (Å²) in [7, 11) is 1.58. The van der Waals surface area contributed by atoms with Crippen molar-refractivity contribution in [1.29, 1.82) is 5.41 Å². The first kappa shape index (κ1) is 21.4. The molecule has 2 aromatic rings. The lowest BCUT2D eigenvalue weighted by Gasteiger charge is -2.27. The highest BCUT2D eigenvalue weighted by atomic mass is 19.1. The Kier molecular flexibility index (Phi) is 5.85. The fourth-order valence-corrected chi connectivity index (χ4v) is 4.01. The molecule has 0 saturated carbocycles. The SMILES string of the molecule is CN=CC(=CN)C1=C(F)C=C(N)C(C(=N)c2cc(N3CCc4oc(C)nc4C3)ncn2)C1. The van der Waals surface area contributed by atoms with Crippen LogP contribution >= 0.6 is 0 Å². The Morgan fingerprint density at radius 3 is 2.97 bits per heavy atom. The summed E-state index contributed by atoms with van der Waals surface area (Å²) in [6.07, 6.45) is 6.38. The van der Waals surface area contributed by atoms with Crippen LogP contribution in [0.3, 0.4) is 0 Å². The molecule has 10 heteroatoms. The summed E-state index contributed by atoms with van der Waals surface area (Å²) >= 11 is 0. The van der Waals surface area contributed by atoms with Gasteiger partial charge in [0.15, 0.2) is 5.89 Å². The lowest BCUT2D eigenvalue weighted by atomic mass is 9.83. The molecule has 1 atom stereocenters. The summed E-state index contributed by atoms with van der Waals surface area (Å²) in [4.78, 5) is 19.1. The number of oxazole rings is 1. The molecule has 0 spiro atoms. The summed E-state index contributed by atoms with van der Waals surface area (Å²) in [5, 5.41) is 8.76. The summed E-state index contributed by atoms with van der Waals surface area (Å²) in [6, 6.07) is 1.76. The summed E-state index contributed by atoms with van der Waals surface area (Å²) in [5.74, 6) is 1.22. The third kappa shape index (κ3) is 4.03. The topological polar surface area (TPSA) is 143 Å². The second kappa shape index (κ2) is 8.74. The number of nitrogens with one attached hydrogen (secondary N) is 1. The van der Waals surface area contributed by atoms with Crippen molar-refractivity contribution in [2.45, 2.75) is 26.3 Å². The normalized spacial score (nSPS) is 19.3. The average Bonchev–Trinajstić information content (AvgIpc) is 3.17. The fraction of sp³-hybridized carbons (Fsp3) is 0.318. The fourth-order valence-electron chi connectivity index (χ4n) is 4.01. The molecule has 3 heterocycles. The molecule has 9 nitrogen and oxygen atoms in total. The molecule has 0 amide bonds. The van der Waals surface area contributed by atoms with E-state index in [1.807, 2.05) is 6.92 Å². The van der Waals surface area contributed by atoms with Gasteiger partial charge < -0.3 is 26.2 Å².